The van der Waals surface area contributed by atoms with E-state index >= 15 is 0 Å². The second kappa shape index (κ2) is 5.99. The second-order valence-electron chi connectivity index (χ2n) is 6.25. The lowest BCUT2D eigenvalue weighted by atomic mass is 9.82. The number of hydrazine groups is 1. The number of rotatable bonds is 4. The molecule has 1 saturated heterocycles. The van der Waals surface area contributed by atoms with Crippen LogP contribution in [0.5, 0.6) is 0 Å². The fourth-order valence-electron chi connectivity index (χ4n) is 4.21. The van der Waals surface area contributed by atoms with Crippen LogP contribution in [0, 0.1) is 11.6 Å². The molecule has 0 amide bonds. The third-order valence-corrected chi connectivity index (χ3v) is 5.20. The van der Waals surface area contributed by atoms with Gasteiger partial charge in [-0.25, -0.2) is 8.78 Å². The number of likely N-dealkylation sites (tertiary alicyclic amines) is 1. The zero-order chi connectivity index (χ0) is 14.9. The predicted octanol–water partition coefficient (Wildman–Crippen LogP) is 2.88. The lowest BCUT2D eigenvalue weighted by Crippen LogP contribution is -2.55. The Balaban J connectivity index is 2.01. The van der Waals surface area contributed by atoms with Crippen molar-refractivity contribution in [1.29, 1.82) is 0 Å². The van der Waals surface area contributed by atoms with Crippen molar-refractivity contribution in [2.24, 2.45) is 5.84 Å². The summed E-state index contributed by atoms with van der Waals surface area (Å²) in [5.41, 5.74) is 2.97. The van der Waals surface area contributed by atoms with E-state index in [-0.39, 0.29) is 11.6 Å². The van der Waals surface area contributed by atoms with Crippen LogP contribution in [0.2, 0.25) is 0 Å². The van der Waals surface area contributed by atoms with E-state index in [1.54, 1.807) is 12.1 Å². The Kier molecular flexibility index (Phi) is 4.24. The van der Waals surface area contributed by atoms with E-state index in [1.807, 2.05) is 0 Å². The average Bonchev–Trinajstić information content (AvgIpc) is 3.15. The Morgan fingerprint density at radius 3 is 2.38 bits per heavy atom. The van der Waals surface area contributed by atoms with Gasteiger partial charge in [0.05, 0.1) is 6.04 Å². The Labute approximate surface area is 124 Å². The molecule has 1 atom stereocenters. The van der Waals surface area contributed by atoms with Gasteiger partial charge in [-0.3, -0.25) is 16.2 Å². The topological polar surface area (TPSA) is 41.3 Å². The van der Waals surface area contributed by atoms with Crippen LogP contribution >= 0.6 is 0 Å². The SMILES string of the molecule is NNC(c1cccc(F)c1F)C1(N2CCCC2)CCCC1. The summed E-state index contributed by atoms with van der Waals surface area (Å²) in [7, 11) is 0. The molecule has 1 unspecified atom stereocenters. The smallest absolute Gasteiger partial charge is 0.163 e. The van der Waals surface area contributed by atoms with E-state index in [9.17, 15) is 8.78 Å². The van der Waals surface area contributed by atoms with Crippen LogP contribution in [0.15, 0.2) is 18.2 Å². The number of nitrogens with zero attached hydrogens (tertiary/aromatic N) is 1. The molecule has 3 rings (SSSR count). The Morgan fingerprint density at radius 1 is 1.10 bits per heavy atom. The molecule has 1 aliphatic heterocycles. The monoisotopic (exact) mass is 295 g/mol. The first-order valence-corrected chi connectivity index (χ1v) is 7.84. The minimum atomic E-state index is -0.803. The second-order valence-corrected chi connectivity index (χ2v) is 6.25. The van der Waals surface area contributed by atoms with Gasteiger partial charge in [-0.2, -0.15) is 0 Å². The number of benzene rings is 1. The molecule has 0 bridgehead atoms. The van der Waals surface area contributed by atoms with Crippen LogP contribution in [-0.2, 0) is 0 Å². The van der Waals surface area contributed by atoms with E-state index in [2.05, 4.69) is 10.3 Å². The van der Waals surface area contributed by atoms with E-state index in [1.165, 1.54) is 12.8 Å². The molecular formula is C16H23F2N3. The normalized spacial score (nSPS) is 23.6. The highest BCUT2D eigenvalue weighted by molar-refractivity contribution is 5.27. The molecule has 1 aromatic rings. The van der Waals surface area contributed by atoms with Gasteiger partial charge in [0.1, 0.15) is 0 Å². The van der Waals surface area contributed by atoms with Crippen LogP contribution in [-0.4, -0.2) is 23.5 Å². The molecule has 3 nitrogen and oxygen atoms in total. The van der Waals surface area contributed by atoms with Crippen molar-refractivity contribution in [2.45, 2.75) is 50.1 Å². The number of hydrogen-bond acceptors (Lipinski definition) is 3. The van der Waals surface area contributed by atoms with Gasteiger partial charge >= 0.3 is 0 Å². The van der Waals surface area contributed by atoms with Crippen molar-refractivity contribution in [3.8, 4) is 0 Å². The summed E-state index contributed by atoms with van der Waals surface area (Å²) >= 11 is 0. The molecule has 3 N–H and O–H groups in total. The van der Waals surface area contributed by atoms with Crippen LogP contribution in [0.4, 0.5) is 8.78 Å². The largest absolute Gasteiger partial charge is 0.296 e. The molecule has 116 valence electrons. The highest BCUT2D eigenvalue weighted by Crippen LogP contribution is 2.46. The van der Waals surface area contributed by atoms with Gasteiger partial charge in [-0.1, -0.05) is 25.0 Å². The minimum Gasteiger partial charge on any atom is -0.296 e. The summed E-state index contributed by atoms with van der Waals surface area (Å²) < 4.78 is 27.9. The molecule has 0 spiro atoms. The maximum atomic E-state index is 14.3. The predicted molar refractivity (Wildman–Crippen MR) is 78.4 cm³/mol. The third kappa shape index (κ3) is 2.47. The van der Waals surface area contributed by atoms with Gasteiger partial charge < -0.3 is 0 Å². The molecule has 1 aromatic carbocycles. The standard InChI is InChI=1S/C16H23F2N3/c17-13-7-5-6-12(14(13)18)15(20-19)16(8-1-2-9-16)21-10-3-4-11-21/h5-7,15,20H,1-4,8-11,19H2. The average molecular weight is 295 g/mol. The molecule has 1 aliphatic carbocycles. The van der Waals surface area contributed by atoms with Crippen LogP contribution in [0.25, 0.3) is 0 Å². The molecule has 5 heteroatoms. The summed E-state index contributed by atoms with van der Waals surface area (Å²) in [5, 5.41) is 0. The minimum absolute atomic E-state index is 0.181. The zero-order valence-corrected chi connectivity index (χ0v) is 12.2. The highest BCUT2D eigenvalue weighted by atomic mass is 19.2. The first-order valence-electron chi connectivity index (χ1n) is 7.84. The molecule has 21 heavy (non-hydrogen) atoms. The lowest BCUT2D eigenvalue weighted by molar-refractivity contribution is 0.0746. The number of halogens is 2. The maximum absolute atomic E-state index is 14.3. The zero-order valence-electron chi connectivity index (χ0n) is 12.2. The number of hydrogen-bond donors (Lipinski definition) is 2. The van der Waals surface area contributed by atoms with Gasteiger partial charge in [-0.05, 0) is 44.8 Å². The number of nitrogens with two attached hydrogens (primary N) is 1. The van der Waals surface area contributed by atoms with Crippen LogP contribution in [0.3, 0.4) is 0 Å². The van der Waals surface area contributed by atoms with Crippen molar-refractivity contribution in [3.05, 3.63) is 35.4 Å². The molecule has 0 radical (unpaired) electrons. The first-order chi connectivity index (χ1) is 10.2. The summed E-state index contributed by atoms with van der Waals surface area (Å²) in [6.45, 7) is 2.05. The lowest BCUT2D eigenvalue weighted by Gasteiger charge is -2.45. The maximum Gasteiger partial charge on any atom is 0.163 e. The fraction of sp³-hybridized carbons (Fsp3) is 0.625. The van der Waals surface area contributed by atoms with Crippen molar-refractivity contribution < 1.29 is 8.78 Å². The number of nitrogens with one attached hydrogen (secondary N) is 1. The van der Waals surface area contributed by atoms with Gasteiger partial charge in [0.25, 0.3) is 0 Å². The Hall–Kier alpha value is -1.04. The first kappa shape index (κ1) is 14.9. The molecule has 1 saturated carbocycles. The quantitative estimate of drug-likeness (QED) is 0.663. The molecule has 2 fully saturated rings. The molecule has 0 aromatic heterocycles. The van der Waals surface area contributed by atoms with E-state index in [4.69, 9.17) is 5.84 Å². The van der Waals surface area contributed by atoms with Crippen molar-refractivity contribution in [3.63, 3.8) is 0 Å². The van der Waals surface area contributed by atoms with Gasteiger partial charge in [0, 0.05) is 11.1 Å². The van der Waals surface area contributed by atoms with Crippen molar-refractivity contribution in [1.82, 2.24) is 10.3 Å². The summed E-state index contributed by atoms with van der Waals surface area (Å²) in [4.78, 5) is 2.44. The van der Waals surface area contributed by atoms with E-state index < -0.39 is 11.6 Å². The van der Waals surface area contributed by atoms with Crippen LogP contribution in [0.1, 0.15) is 50.1 Å². The Morgan fingerprint density at radius 2 is 1.76 bits per heavy atom. The molecule has 1 heterocycles. The summed E-state index contributed by atoms with van der Waals surface area (Å²) in [6.07, 6.45) is 6.54. The third-order valence-electron chi connectivity index (χ3n) is 5.20. The highest BCUT2D eigenvalue weighted by Gasteiger charge is 2.47. The molecule has 2 aliphatic rings. The van der Waals surface area contributed by atoms with E-state index in [0.717, 1.165) is 44.8 Å². The van der Waals surface area contributed by atoms with Gasteiger partial charge in [0.15, 0.2) is 11.6 Å². The molecular weight excluding hydrogens is 272 g/mol. The van der Waals surface area contributed by atoms with Gasteiger partial charge in [-0.15, -0.1) is 0 Å². The van der Waals surface area contributed by atoms with E-state index in [0.29, 0.717) is 5.56 Å². The van der Waals surface area contributed by atoms with Crippen LogP contribution < -0.4 is 11.3 Å². The van der Waals surface area contributed by atoms with Crippen molar-refractivity contribution in [2.75, 3.05) is 13.1 Å². The van der Waals surface area contributed by atoms with Gasteiger partial charge in [0.2, 0.25) is 0 Å². The fourth-order valence-corrected chi connectivity index (χ4v) is 4.21. The van der Waals surface area contributed by atoms with Crippen molar-refractivity contribution >= 4 is 0 Å². The summed E-state index contributed by atoms with van der Waals surface area (Å²) in [6, 6.07) is 4.00. The Bertz CT molecular complexity index is 494. The summed E-state index contributed by atoms with van der Waals surface area (Å²) in [5.74, 6) is 4.21.